The predicted octanol–water partition coefficient (Wildman–Crippen LogP) is 3.31. The van der Waals surface area contributed by atoms with Crippen molar-refractivity contribution < 1.29 is 33.3 Å². The zero-order valence-electron chi connectivity index (χ0n) is 19.1. The van der Waals surface area contributed by atoms with Crippen LogP contribution in [0.2, 0.25) is 0 Å². The molecule has 1 saturated heterocycles. The van der Waals surface area contributed by atoms with E-state index in [9.17, 15) is 9.59 Å². The lowest BCUT2D eigenvalue weighted by Gasteiger charge is -2.50. The van der Waals surface area contributed by atoms with E-state index in [4.69, 9.17) is 23.7 Å². The molecular weight excluding hydrogens is 426 g/mol. The predicted molar refractivity (Wildman–Crippen MR) is 119 cm³/mol. The van der Waals surface area contributed by atoms with Crippen molar-refractivity contribution in [3.05, 3.63) is 53.6 Å². The van der Waals surface area contributed by atoms with Gasteiger partial charge in [-0.25, -0.2) is 0 Å². The van der Waals surface area contributed by atoms with Gasteiger partial charge >= 0.3 is 5.97 Å². The minimum absolute atomic E-state index is 0.107. The van der Waals surface area contributed by atoms with Crippen LogP contribution in [0.25, 0.3) is 0 Å². The third-order valence-corrected chi connectivity index (χ3v) is 6.10. The molecule has 176 valence electrons. The molecule has 3 atom stereocenters. The van der Waals surface area contributed by atoms with Crippen LogP contribution in [0.4, 0.5) is 0 Å². The molecule has 2 aromatic carbocycles. The quantitative estimate of drug-likeness (QED) is 0.309. The smallest absolute Gasteiger partial charge is 0.314 e. The van der Waals surface area contributed by atoms with Gasteiger partial charge in [0.25, 0.3) is 0 Å². The van der Waals surface area contributed by atoms with Gasteiger partial charge < -0.3 is 28.6 Å². The van der Waals surface area contributed by atoms with Crippen molar-refractivity contribution in [2.24, 2.45) is 5.92 Å². The Hall–Kier alpha value is -3.26. The number of methoxy groups -OCH3 is 2. The molecule has 2 aromatic rings. The van der Waals surface area contributed by atoms with E-state index in [0.29, 0.717) is 36.8 Å². The molecule has 4 rings (SSSR count). The van der Waals surface area contributed by atoms with Crippen LogP contribution in [0.15, 0.2) is 42.5 Å². The molecule has 8 heteroatoms. The second-order valence-electron chi connectivity index (χ2n) is 8.00. The van der Waals surface area contributed by atoms with E-state index >= 15 is 0 Å². The number of fused-ring (bicyclic) bond motifs is 1. The topological polar surface area (TPSA) is 83.5 Å². The number of ether oxygens (including phenoxy) is 5. The molecule has 0 bridgehead atoms. The average Bonchev–Trinajstić information content (AvgIpc) is 3.32. The molecule has 2 heterocycles. The fraction of sp³-hybridized carbons (Fsp3) is 0.440. The van der Waals surface area contributed by atoms with Gasteiger partial charge in [-0.1, -0.05) is 25.1 Å². The Labute approximate surface area is 193 Å². The third-order valence-electron chi connectivity index (χ3n) is 6.10. The molecule has 2 aliphatic rings. The summed E-state index contributed by atoms with van der Waals surface area (Å²) < 4.78 is 26.9. The standard InChI is InChI=1S/C25H29NO7/c1-4-12-31-13-11-26-23(16-5-8-18(29-2)9-6-16)22(24(26)27)21(25(28)30-3)17-7-10-19-20(14-17)33-15-32-19/h5-10,14,21-23H,4,11-13,15H2,1-3H3/t21-,22-,23-/m1/s1. The van der Waals surface area contributed by atoms with E-state index < -0.39 is 17.8 Å². The summed E-state index contributed by atoms with van der Waals surface area (Å²) in [6, 6.07) is 12.6. The van der Waals surface area contributed by atoms with Gasteiger partial charge in [-0.15, -0.1) is 0 Å². The number of likely N-dealkylation sites (tertiary alicyclic amines) is 1. The van der Waals surface area contributed by atoms with Crippen LogP contribution in [-0.2, 0) is 19.1 Å². The number of amides is 1. The van der Waals surface area contributed by atoms with Gasteiger partial charge in [-0.2, -0.15) is 0 Å². The summed E-state index contributed by atoms with van der Waals surface area (Å²) >= 11 is 0. The molecule has 0 spiro atoms. The van der Waals surface area contributed by atoms with Crippen molar-refractivity contribution >= 4 is 11.9 Å². The highest BCUT2D eigenvalue weighted by atomic mass is 16.7. The summed E-state index contributed by atoms with van der Waals surface area (Å²) in [7, 11) is 2.94. The van der Waals surface area contributed by atoms with Crippen molar-refractivity contribution in [1.29, 1.82) is 0 Å². The molecule has 1 amide bonds. The lowest BCUT2D eigenvalue weighted by molar-refractivity contribution is -0.167. The maximum atomic E-state index is 13.4. The summed E-state index contributed by atoms with van der Waals surface area (Å²) in [6.07, 6.45) is 0.910. The van der Waals surface area contributed by atoms with E-state index in [2.05, 4.69) is 0 Å². The van der Waals surface area contributed by atoms with Crippen LogP contribution < -0.4 is 14.2 Å². The highest BCUT2D eigenvalue weighted by Gasteiger charge is 2.54. The first-order valence-electron chi connectivity index (χ1n) is 11.1. The van der Waals surface area contributed by atoms with Gasteiger partial charge in [0.05, 0.1) is 38.7 Å². The number of carbonyl (C=O) groups is 2. The third kappa shape index (κ3) is 4.48. The number of esters is 1. The lowest BCUT2D eigenvalue weighted by Crippen LogP contribution is -2.58. The lowest BCUT2D eigenvalue weighted by atomic mass is 9.71. The Bertz CT molecular complexity index is 991. The zero-order valence-corrected chi connectivity index (χ0v) is 19.1. The van der Waals surface area contributed by atoms with Gasteiger partial charge in [0.1, 0.15) is 5.75 Å². The average molecular weight is 456 g/mol. The van der Waals surface area contributed by atoms with E-state index in [1.807, 2.05) is 31.2 Å². The maximum absolute atomic E-state index is 13.4. The highest BCUT2D eigenvalue weighted by Crippen LogP contribution is 2.49. The molecule has 33 heavy (non-hydrogen) atoms. The summed E-state index contributed by atoms with van der Waals surface area (Å²) in [6.45, 7) is 3.69. The molecule has 0 saturated carbocycles. The van der Waals surface area contributed by atoms with Crippen molar-refractivity contribution in [2.45, 2.75) is 25.3 Å². The van der Waals surface area contributed by atoms with Gasteiger partial charge in [-0.05, 0) is 41.8 Å². The minimum Gasteiger partial charge on any atom is -0.497 e. The Balaban J connectivity index is 1.67. The van der Waals surface area contributed by atoms with Crippen LogP contribution in [0, 0.1) is 5.92 Å². The second-order valence-corrected chi connectivity index (χ2v) is 8.00. The Morgan fingerprint density at radius 1 is 1.09 bits per heavy atom. The number of rotatable bonds is 10. The summed E-state index contributed by atoms with van der Waals surface area (Å²) in [4.78, 5) is 28.1. The van der Waals surface area contributed by atoms with Crippen LogP contribution in [0.1, 0.15) is 36.4 Å². The molecule has 1 fully saturated rings. The Kier molecular flexibility index (Phi) is 7.03. The van der Waals surface area contributed by atoms with Crippen molar-refractivity contribution in [2.75, 3.05) is 40.8 Å². The molecule has 2 aliphatic heterocycles. The van der Waals surface area contributed by atoms with Crippen molar-refractivity contribution in [3.8, 4) is 17.2 Å². The van der Waals surface area contributed by atoms with Crippen molar-refractivity contribution in [3.63, 3.8) is 0 Å². The number of β-lactam (4-membered cyclic amide) rings is 1. The van der Waals surface area contributed by atoms with Gasteiger partial charge in [0.15, 0.2) is 11.5 Å². The molecule has 0 radical (unpaired) electrons. The first-order valence-corrected chi connectivity index (χ1v) is 11.1. The van der Waals surface area contributed by atoms with Crippen LogP contribution in [0.3, 0.4) is 0 Å². The van der Waals surface area contributed by atoms with E-state index in [0.717, 1.165) is 17.7 Å². The first kappa shape index (κ1) is 22.9. The molecule has 0 N–H and O–H groups in total. The monoisotopic (exact) mass is 455 g/mol. The number of nitrogens with zero attached hydrogens (tertiary/aromatic N) is 1. The zero-order chi connectivity index (χ0) is 23.4. The van der Waals surface area contributed by atoms with Gasteiger partial charge in [0, 0.05) is 13.2 Å². The number of carbonyl (C=O) groups excluding carboxylic acids is 2. The summed E-state index contributed by atoms with van der Waals surface area (Å²) in [5.74, 6) is -0.0762. The van der Waals surface area contributed by atoms with E-state index in [1.54, 1.807) is 30.2 Å². The van der Waals surface area contributed by atoms with E-state index in [-0.39, 0.29) is 18.7 Å². The number of hydrogen-bond donors (Lipinski definition) is 0. The first-order chi connectivity index (χ1) is 16.1. The van der Waals surface area contributed by atoms with Gasteiger partial charge in [0.2, 0.25) is 12.7 Å². The molecular formula is C25H29NO7. The summed E-state index contributed by atoms with van der Waals surface area (Å²) in [5.41, 5.74) is 1.58. The fourth-order valence-electron chi connectivity index (χ4n) is 4.47. The Morgan fingerprint density at radius 3 is 2.55 bits per heavy atom. The largest absolute Gasteiger partial charge is 0.497 e. The van der Waals surface area contributed by atoms with Crippen LogP contribution in [-0.4, -0.2) is 57.5 Å². The molecule has 0 unspecified atom stereocenters. The van der Waals surface area contributed by atoms with E-state index in [1.165, 1.54) is 7.11 Å². The number of hydrogen-bond acceptors (Lipinski definition) is 7. The number of benzene rings is 2. The van der Waals surface area contributed by atoms with Crippen molar-refractivity contribution in [1.82, 2.24) is 4.90 Å². The summed E-state index contributed by atoms with van der Waals surface area (Å²) in [5, 5.41) is 0. The molecule has 0 aromatic heterocycles. The second kappa shape index (κ2) is 10.1. The minimum atomic E-state index is -0.781. The highest BCUT2D eigenvalue weighted by molar-refractivity contribution is 5.94. The fourth-order valence-corrected chi connectivity index (χ4v) is 4.47. The van der Waals surface area contributed by atoms with Gasteiger partial charge in [-0.3, -0.25) is 9.59 Å². The normalized spacial score (nSPS) is 19.7. The maximum Gasteiger partial charge on any atom is 0.314 e. The molecule has 0 aliphatic carbocycles. The SMILES string of the molecule is CCCOCCN1C(=O)[C@H]([C@H](C(=O)OC)c2ccc3c(c2)OCO3)[C@H]1c1ccc(OC)cc1. The molecule has 8 nitrogen and oxygen atoms in total. The Morgan fingerprint density at radius 2 is 1.85 bits per heavy atom. The van der Waals surface area contributed by atoms with Crippen LogP contribution >= 0.6 is 0 Å². The van der Waals surface area contributed by atoms with Crippen LogP contribution in [0.5, 0.6) is 17.2 Å².